The highest BCUT2D eigenvalue weighted by Crippen LogP contribution is 2.30. The van der Waals surface area contributed by atoms with E-state index in [9.17, 15) is 0 Å². The maximum atomic E-state index is 6.22. The summed E-state index contributed by atoms with van der Waals surface area (Å²) in [4.78, 5) is 6.82. The van der Waals surface area contributed by atoms with Gasteiger partial charge < -0.3 is 19.1 Å². The number of piperidine rings is 1. The molecule has 1 aromatic rings. The molecular formula is C23H34N2O3. The zero-order chi connectivity index (χ0) is 20.1. The molecule has 2 aliphatic rings. The van der Waals surface area contributed by atoms with Crippen LogP contribution in [0.1, 0.15) is 59.1 Å². The highest BCUT2D eigenvalue weighted by Gasteiger charge is 2.32. The third-order valence-electron chi connectivity index (χ3n) is 5.34. The van der Waals surface area contributed by atoms with Gasteiger partial charge in [0, 0.05) is 32.1 Å². The average Bonchev–Trinajstić information content (AvgIpc) is 2.62. The summed E-state index contributed by atoms with van der Waals surface area (Å²) in [5, 5.41) is 0. The fraction of sp³-hybridized carbons (Fsp3) is 0.696. The quantitative estimate of drug-likeness (QED) is 0.696. The van der Waals surface area contributed by atoms with Crippen molar-refractivity contribution in [3.05, 3.63) is 24.0 Å². The first-order valence-corrected chi connectivity index (χ1v) is 10.4. The Bertz CT molecular complexity index is 693. The van der Waals surface area contributed by atoms with E-state index in [4.69, 9.17) is 14.2 Å². The highest BCUT2D eigenvalue weighted by molar-refractivity contribution is 5.50. The van der Waals surface area contributed by atoms with Gasteiger partial charge in [-0.1, -0.05) is 5.92 Å². The van der Waals surface area contributed by atoms with Gasteiger partial charge in [0.1, 0.15) is 11.3 Å². The number of anilines is 1. The Morgan fingerprint density at radius 3 is 2.50 bits per heavy atom. The molecule has 0 aromatic carbocycles. The maximum Gasteiger partial charge on any atom is 0.123 e. The number of ether oxygens (including phenoxy) is 3. The molecule has 1 aliphatic heterocycles. The van der Waals surface area contributed by atoms with Crippen molar-refractivity contribution in [2.75, 3.05) is 25.1 Å². The molecule has 3 rings (SSSR count). The fourth-order valence-electron chi connectivity index (χ4n) is 3.86. The van der Waals surface area contributed by atoms with Gasteiger partial charge in [0.15, 0.2) is 0 Å². The zero-order valence-electron chi connectivity index (χ0n) is 17.9. The third kappa shape index (κ3) is 5.94. The van der Waals surface area contributed by atoms with E-state index in [1.807, 2.05) is 33.9 Å². The van der Waals surface area contributed by atoms with Crippen molar-refractivity contribution in [3.63, 3.8) is 0 Å². The van der Waals surface area contributed by atoms with Crippen molar-refractivity contribution in [2.24, 2.45) is 0 Å². The van der Waals surface area contributed by atoms with Crippen LogP contribution in [-0.2, 0) is 14.2 Å². The molecular weight excluding hydrogens is 352 g/mol. The molecule has 0 N–H and O–H groups in total. The standard InChI is InChI=1S/C23H34N2O3/c1-17(2)28-23(3,4)10-6-18-14-19(7-11-24-18)25-12-8-20(9-13-25)27-22-15-21(16-22)26-5/h7,11,14,17,20-22H,8-9,12-13,15-16H2,1-5H3. The number of pyridine rings is 1. The summed E-state index contributed by atoms with van der Waals surface area (Å²) in [7, 11) is 1.78. The summed E-state index contributed by atoms with van der Waals surface area (Å²) in [5.41, 5.74) is 1.49. The first-order valence-electron chi connectivity index (χ1n) is 10.4. The van der Waals surface area contributed by atoms with E-state index in [1.54, 1.807) is 7.11 Å². The van der Waals surface area contributed by atoms with E-state index in [2.05, 4.69) is 33.9 Å². The van der Waals surface area contributed by atoms with Crippen LogP contribution in [-0.4, -0.2) is 55.2 Å². The second-order valence-corrected chi connectivity index (χ2v) is 8.60. The molecule has 1 saturated heterocycles. The molecule has 5 nitrogen and oxygen atoms in total. The van der Waals surface area contributed by atoms with E-state index in [0.717, 1.165) is 44.5 Å². The lowest BCUT2D eigenvalue weighted by molar-refractivity contribution is -0.119. The minimum absolute atomic E-state index is 0.146. The van der Waals surface area contributed by atoms with Crippen molar-refractivity contribution in [1.29, 1.82) is 0 Å². The Morgan fingerprint density at radius 2 is 1.86 bits per heavy atom. The van der Waals surface area contributed by atoms with E-state index in [-0.39, 0.29) is 6.10 Å². The van der Waals surface area contributed by atoms with Crippen LogP contribution in [0.2, 0.25) is 0 Å². The van der Waals surface area contributed by atoms with Gasteiger partial charge in [0.2, 0.25) is 0 Å². The molecule has 0 amide bonds. The first-order chi connectivity index (χ1) is 13.3. The van der Waals surface area contributed by atoms with Crippen LogP contribution in [0.15, 0.2) is 18.3 Å². The van der Waals surface area contributed by atoms with E-state index in [1.165, 1.54) is 5.69 Å². The highest BCUT2D eigenvalue weighted by atomic mass is 16.5. The largest absolute Gasteiger partial charge is 0.381 e. The van der Waals surface area contributed by atoms with Crippen LogP contribution in [0.5, 0.6) is 0 Å². The Hall–Kier alpha value is -1.61. The summed E-state index contributed by atoms with van der Waals surface area (Å²) in [5.74, 6) is 6.38. The Kier molecular flexibility index (Phi) is 6.98. The molecule has 1 aromatic heterocycles. The molecule has 28 heavy (non-hydrogen) atoms. The van der Waals surface area contributed by atoms with E-state index in [0.29, 0.717) is 18.3 Å². The average molecular weight is 387 g/mol. The first kappa shape index (κ1) is 21.1. The van der Waals surface area contributed by atoms with Crippen LogP contribution in [0.4, 0.5) is 5.69 Å². The number of methoxy groups -OCH3 is 1. The number of aromatic nitrogens is 1. The normalized spacial score (nSPS) is 23.3. The number of hydrogen-bond donors (Lipinski definition) is 0. The van der Waals surface area contributed by atoms with Gasteiger partial charge in [-0.25, -0.2) is 4.98 Å². The summed E-state index contributed by atoms with van der Waals surface area (Å²) < 4.78 is 17.4. The van der Waals surface area contributed by atoms with E-state index >= 15 is 0 Å². The third-order valence-corrected chi connectivity index (χ3v) is 5.34. The SMILES string of the molecule is COC1CC(OC2CCN(c3ccnc(C#CC(C)(C)OC(C)C)c3)CC2)C1. The molecule has 154 valence electrons. The fourth-order valence-corrected chi connectivity index (χ4v) is 3.86. The van der Waals surface area contributed by atoms with E-state index < -0.39 is 5.60 Å². The second kappa shape index (κ2) is 9.26. The van der Waals surface area contributed by atoms with Crippen LogP contribution in [0.3, 0.4) is 0 Å². The van der Waals surface area contributed by atoms with Crippen molar-refractivity contribution in [1.82, 2.24) is 4.98 Å². The minimum atomic E-state index is -0.481. The molecule has 1 aliphatic carbocycles. The topological polar surface area (TPSA) is 43.8 Å². The Labute approximate surface area is 169 Å². The zero-order valence-corrected chi connectivity index (χ0v) is 17.9. The van der Waals surface area contributed by atoms with Crippen LogP contribution in [0, 0.1) is 11.8 Å². The van der Waals surface area contributed by atoms with Crippen molar-refractivity contribution in [2.45, 2.75) is 83.4 Å². The van der Waals surface area contributed by atoms with Crippen molar-refractivity contribution < 1.29 is 14.2 Å². The minimum Gasteiger partial charge on any atom is -0.381 e. The molecule has 0 spiro atoms. The predicted octanol–water partition coefficient (Wildman–Crippen LogP) is 3.80. The van der Waals surface area contributed by atoms with Gasteiger partial charge in [-0.2, -0.15) is 0 Å². The lowest BCUT2D eigenvalue weighted by Crippen LogP contribution is -2.43. The van der Waals surface area contributed by atoms with Crippen LogP contribution >= 0.6 is 0 Å². The number of rotatable bonds is 6. The molecule has 2 fully saturated rings. The molecule has 0 radical (unpaired) electrons. The van der Waals surface area contributed by atoms with Gasteiger partial charge in [-0.3, -0.25) is 0 Å². The predicted molar refractivity (Wildman–Crippen MR) is 112 cm³/mol. The summed E-state index contributed by atoms with van der Waals surface area (Å²) in [6, 6.07) is 4.14. The van der Waals surface area contributed by atoms with Gasteiger partial charge in [-0.05, 0) is 71.4 Å². The molecule has 0 unspecified atom stereocenters. The molecule has 5 heteroatoms. The molecule has 1 saturated carbocycles. The van der Waals surface area contributed by atoms with Crippen LogP contribution < -0.4 is 4.90 Å². The molecule has 0 atom stereocenters. The van der Waals surface area contributed by atoms with Crippen LogP contribution in [0.25, 0.3) is 0 Å². The summed E-state index contributed by atoms with van der Waals surface area (Å²) in [6.07, 6.45) is 7.36. The lowest BCUT2D eigenvalue weighted by Gasteiger charge is -2.40. The Balaban J connectivity index is 1.52. The second-order valence-electron chi connectivity index (χ2n) is 8.60. The maximum absolute atomic E-state index is 6.22. The monoisotopic (exact) mass is 386 g/mol. The van der Waals surface area contributed by atoms with Crippen molar-refractivity contribution >= 4 is 5.69 Å². The molecule has 0 bridgehead atoms. The van der Waals surface area contributed by atoms with Gasteiger partial charge in [0.25, 0.3) is 0 Å². The number of hydrogen-bond acceptors (Lipinski definition) is 5. The smallest absolute Gasteiger partial charge is 0.123 e. The van der Waals surface area contributed by atoms with Gasteiger partial charge in [0.05, 0.1) is 24.4 Å². The lowest BCUT2D eigenvalue weighted by atomic mass is 9.91. The van der Waals surface area contributed by atoms with Gasteiger partial charge in [-0.15, -0.1) is 0 Å². The number of nitrogens with zero attached hydrogens (tertiary/aromatic N) is 2. The summed E-state index contributed by atoms with van der Waals surface area (Å²) in [6.45, 7) is 10.0. The van der Waals surface area contributed by atoms with Crippen molar-refractivity contribution in [3.8, 4) is 11.8 Å². The Morgan fingerprint density at radius 1 is 1.14 bits per heavy atom. The van der Waals surface area contributed by atoms with Gasteiger partial charge >= 0.3 is 0 Å². The summed E-state index contributed by atoms with van der Waals surface area (Å²) >= 11 is 0. The molecule has 2 heterocycles.